The molecule has 0 aliphatic heterocycles. The number of benzene rings is 1. The van der Waals surface area contributed by atoms with E-state index < -0.39 is 10.9 Å². The molecule has 104 valence electrons. The lowest BCUT2D eigenvalue weighted by Gasteiger charge is -2.29. The number of nitro benzene ring substituents is 1. The zero-order valence-electron chi connectivity index (χ0n) is 11.3. The van der Waals surface area contributed by atoms with Gasteiger partial charge in [-0.25, -0.2) is 4.79 Å². The van der Waals surface area contributed by atoms with Gasteiger partial charge >= 0.3 is 5.97 Å². The van der Waals surface area contributed by atoms with Crippen molar-refractivity contribution < 1.29 is 14.8 Å². The van der Waals surface area contributed by atoms with Gasteiger partial charge in [0.15, 0.2) is 0 Å². The van der Waals surface area contributed by atoms with E-state index in [0.29, 0.717) is 0 Å². The van der Waals surface area contributed by atoms with E-state index in [1.54, 1.807) is 11.9 Å². The van der Waals surface area contributed by atoms with Crippen LogP contribution in [-0.4, -0.2) is 29.1 Å². The minimum atomic E-state index is -1.16. The zero-order valence-corrected chi connectivity index (χ0v) is 11.3. The largest absolute Gasteiger partial charge is 0.478 e. The molecule has 0 amide bonds. The molecule has 0 atom stereocenters. The molecule has 0 heterocycles. The molecule has 1 aromatic carbocycles. The number of nitrogens with zero attached hydrogens (tertiary/aromatic N) is 2. The van der Waals surface area contributed by atoms with Gasteiger partial charge in [0.25, 0.3) is 5.69 Å². The Labute approximate surface area is 111 Å². The van der Waals surface area contributed by atoms with E-state index in [-0.39, 0.29) is 23.0 Å². The van der Waals surface area contributed by atoms with Gasteiger partial charge in [-0.2, -0.15) is 0 Å². The van der Waals surface area contributed by atoms with Gasteiger partial charge in [0.1, 0.15) is 5.69 Å². The van der Waals surface area contributed by atoms with Crippen LogP contribution in [0.3, 0.4) is 0 Å². The van der Waals surface area contributed by atoms with Crippen LogP contribution in [0.1, 0.15) is 37.0 Å². The number of para-hydroxylation sites is 1. The van der Waals surface area contributed by atoms with E-state index in [1.165, 1.54) is 18.2 Å². The monoisotopic (exact) mass is 266 g/mol. The van der Waals surface area contributed by atoms with E-state index in [4.69, 9.17) is 0 Å². The van der Waals surface area contributed by atoms with Crippen LogP contribution in [0.15, 0.2) is 18.2 Å². The Hall–Kier alpha value is -2.11. The number of carboxylic acid groups (broad SMARTS) is 1. The molecular formula is C13H18N2O4. The Morgan fingerprint density at radius 2 is 2.00 bits per heavy atom. The van der Waals surface area contributed by atoms with Crippen LogP contribution >= 0.6 is 0 Å². The third kappa shape index (κ3) is 3.01. The summed E-state index contributed by atoms with van der Waals surface area (Å²) < 4.78 is 0. The smallest absolute Gasteiger partial charge is 0.338 e. The number of anilines is 1. The van der Waals surface area contributed by atoms with Crippen molar-refractivity contribution in [3.05, 3.63) is 33.9 Å². The molecule has 0 radical (unpaired) electrons. The average Bonchev–Trinajstić information content (AvgIpc) is 2.38. The van der Waals surface area contributed by atoms with E-state index >= 15 is 0 Å². The molecule has 0 aliphatic rings. The van der Waals surface area contributed by atoms with Crippen molar-refractivity contribution in [2.45, 2.75) is 32.7 Å². The summed E-state index contributed by atoms with van der Waals surface area (Å²) in [5.74, 6) is -1.16. The van der Waals surface area contributed by atoms with Crippen LogP contribution in [-0.2, 0) is 0 Å². The molecule has 0 spiro atoms. The summed E-state index contributed by atoms with van der Waals surface area (Å²) in [4.78, 5) is 23.5. The zero-order chi connectivity index (χ0) is 14.6. The number of aromatic carboxylic acids is 1. The Bertz CT molecular complexity index is 451. The number of nitro groups is 1. The SMILES string of the molecule is CCC(CC)N(C)c1c(C(=O)O)cccc1[N+](=O)[O-]. The lowest BCUT2D eigenvalue weighted by atomic mass is 10.1. The van der Waals surface area contributed by atoms with E-state index in [1.807, 2.05) is 13.8 Å². The summed E-state index contributed by atoms with van der Waals surface area (Å²) in [6.07, 6.45) is 1.58. The maximum absolute atomic E-state index is 11.3. The molecule has 1 N–H and O–H groups in total. The summed E-state index contributed by atoms with van der Waals surface area (Å²) in [6.45, 7) is 3.94. The molecule has 0 unspecified atom stereocenters. The van der Waals surface area contributed by atoms with Crippen LogP contribution in [0.4, 0.5) is 11.4 Å². The second-order valence-corrected chi connectivity index (χ2v) is 4.32. The summed E-state index contributed by atoms with van der Waals surface area (Å²) in [5, 5.41) is 20.3. The van der Waals surface area contributed by atoms with Gasteiger partial charge in [-0.05, 0) is 18.9 Å². The van der Waals surface area contributed by atoms with Gasteiger partial charge in [-0.3, -0.25) is 10.1 Å². The molecule has 6 heteroatoms. The van der Waals surface area contributed by atoms with Crippen molar-refractivity contribution in [1.29, 1.82) is 0 Å². The fourth-order valence-electron chi connectivity index (χ4n) is 2.24. The Kier molecular flexibility index (Phi) is 4.86. The predicted molar refractivity (Wildman–Crippen MR) is 72.8 cm³/mol. The highest BCUT2D eigenvalue weighted by Crippen LogP contribution is 2.33. The van der Waals surface area contributed by atoms with Crippen LogP contribution in [0.2, 0.25) is 0 Å². The number of carbonyl (C=O) groups is 1. The quantitative estimate of drug-likeness (QED) is 0.632. The number of hydrogen-bond acceptors (Lipinski definition) is 4. The van der Waals surface area contributed by atoms with Gasteiger partial charge in [0.2, 0.25) is 0 Å². The summed E-state index contributed by atoms with van der Waals surface area (Å²) in [5.41, 5.74) is -0.0356. The molecule has 1 rings (SSSR count). The first-order valence-electron chi connectivity index (χ1n) is 6.17. The lowest BCUT2D eigenvalue weighted by molar-refractivity contribution is -0.384. The maximum Gasteiger partial charge on any atom is 0.338 e. The lowest BCUT2D eigenvalue weighted by Crippen LogP contribution is -2.32. The first-order valence-corrected chi connectivity index (χ1v) is 6.17. The van der Waals surface area contributed by atoms with Crippen molar-refractivity contribution in [2.24, 2.45) is 0 Å². The molecule has 0 aliphatic carbocycles. The fourth-order valence-corrected chi connectivity index (χ4v) is 2.24. The summed E-state index contributed by atoms with van der Waals surface area (Å²) >= 11 is 0. The minimum absolute atomic E-state index is 0.0383. The van der Waals surface area contributed by atoms with Crippen LogP contribution in [0.25, 0.3) is 0 Å². The average molecular weight is 266 g/mol. The normalized spacial score (nSPS) is 10.5. The Morgan fingerprint density at radius 3 is 2.42 bits per heavy atom. The molecule has 0 bridgehead atoms. The number of hydrogen-bond donors (Lipinski definition) is 1. The third-order valence-electron chi connectivity index (χ3n) is 3.28. The fraction of sp³-hybridized carbons (Fsp3) is 0.462. The maximum atomic E-state index is 11.3. The van der Waals surface area contributed by atoms with Gasteiger partial charge in [-0.1, -0.05) is 19.9 Å². The predicted octanol–water partition coefficient (Wildman–Crippen LogP) is 2.92. The van der Waals surface area contributed by atoms with Crippen molar-refractivity contribution in [2.75, 3.05) is 11.9 Å². The standard InChI is InChI=1S/C13H18N2O4/c1-4-9(5-2)14(3)12-10(13(16)17)7-6-8-11(12)15(18)19/h6-9H,4-5H2,1-3H3,(H,16,17). The van der Waals surface area contributed by atoms with Crippen molar-refractivity contribution in [3.8, 4) is 0 Å². The molecular weight excluding hydrogens is 248 g/mol. The second kappa shape index (κ2) is 6.17. The molecule has 19 heavy (non-hydrogen) atoms. The molecule has 0 saturated carbocycles. The number of rotatable bonds is 6. The van der Waals surface area contributed by atoms with Gasteiger partial charge in [-0.15, -0.1) is 0 Å². The van der Waals surface area contributed by atoms with Crippen molar-refractivity contribution in [1.82, 2.24) is 0 Å². The Morgan fingerprint density at radius 1 is 1.42 bits per heavy atom. The highest BCUT2D eigenvalue weighted by atomic mass is 16.6. The molecule has 0 saturated heterocycles. The van der Waals surface area contributed by atoms with Gasteiger partial charge < -0.3 is 10.0 Å². The summed E-state index contributed by atoms with van der Waals surface area (Å²) in [6, 6.07) is 4.19. The molecule has 6 nitrogen and oxygen atoms in total. The highest BCUT2D eigenvalue weighted by Gasteiger charge is 2.27. The van der Waals surface area contributed by atoms with Crippen molar-refractivity contribution >= 4 is 17.3 Å². The topological polar surface area (TPSA) is 83.7 Å². The summed E-state index contributed by atoms with van der Waals surface area (Å²) in [7, 11) is 1.70. The molecule has 0 fully saturated rings. The van der Waals surface area contributed by atoms with E-state index in [0.717, 1.165) is 12.8 Å². The van der Waals surface area contributed by atoms with Crippen molar-refractivity contribution in [3.63, 3.8) is 0 Å². The molecule has 1 aromatic rings. The molecule has 0 aromatic heterocycles. The highest BCUT2D eigenvalue weighted by molar-refractivity contribution is 5.97. The van der Waals surface area contributed by atoms with E-state index in [2.05, 4.69) is 0 Å². The van der Waals surface area contributed by atoms with Crippen LogP contribution in [0.5, 0.6) is 0 Å². The Balaban J connectivity index is 3.44. The first-order chi connectivity index (χ1) is 8.93. The number of carboxylic acids is 1. The van der Waals surface area contributed by atoms with Gasteiger partial charge in [0.05, 0.1) is 10.5 Å². The van der Waals surface area contributed by atoms with Crippen LogP contribution < -0.4 is 4.90 Å². The second-order valence-electron chi connectivity index (χ2n) is 4.32. The van der Waals surface area contributed by atoms with Gasteiger partial charge in [0, 0.05) is 19.2 Å². The van der Waals surface area contributed by atoms with Crippen LogP contribution in [0, 0.1) is 10.1 Å². The van der Waals surface area contributed by atoms with E-state index in [9.17, 15) is 20.0 Å². The first kappa shape index (κ1) is 14.9. The third-order valence-corrected chi connectivity index (χ3v) is 3.28. The minimum Gasteiger partial charge on any atom is -0.478 e.